The van der Waals surface area contributed by atoms with Crippen molar-refractivity contribution >= 4 is 45.6 Å². The van der Waals surface area contributed by atoms with Crippen molar-refractivity contribution in [3.05, 3.63) is 28.2 Å². The molecule has 8 heteroatoms. The molecular weight excluding hydrogens is 331 g/mol. The number of sulfonamides is 1. The van der Waals surface area contributed by atoms with Gasteiger partial charge in [-0.1, -0.05) is 30.1 Å². The monoisotopic (exact) mass is 344 g/mol. The summed E-state index contributed by atoms with van der Waals surface area (Å²) in [5.74, 6) is 0.148. The van der Waals surface area contributed by atoms with Crippen LogP contribution in [0.4, 0.5) is 0 Å². The van der Waals surface area contributed by atoms with Gasteiger partial charge in [0.05, 0.1) is 4.90 Å². The molecule has 2 unspecified atom stereocenters. The van der Waals surface area contributed by atoms with Gasteiger partial charge in [-0.2, -0.15) is 4.31 Å². The predicted molar refractivity (Wildman–Crippen MR) is 79.6 cm³/mol. The molecule has 1 heterocycles. The lowest BCUT2D eigenvalue weighted by molar-refractivity contribution is 0.464. The van der Waals surface area contributed by atoms with Gasteiger partial charge in [-0.25, -0.2) is 8.42 Å². The van der Waals surface area contributed by atoms with Gasteiger partial charge in [0.15, 0.2) is 0 Å². The lowest BCUT2D eigenvalue weighted by atomic mass is 10.1. The highest BCUT2D eigenvalue weighted by Crippen LogP contribution is 2.27. The number of hydrogen-bond donors (Lipinski definition) is 1. The number of rotatable bonds is 2. The van der Waals surface area contributed by atoms with E-state index in [1.165, 1.54) is 22.5 Å². The Morgan fingerprint density at radius 1 is 1.21 bits per heavy atom. The lowest BCUT2D eigenvalue weighted by Gasteiger charge is -2.16. The molecule has 4 nitrogen and oxygen atoms in total. The first-order chi connectivity index (χ1) is 8.30. The summed E-state index contributed by atoms with van der Waals surface area (Å²) in [7, 11) is -3.57. The molecular formula is C11H15Cl3N2O2S. The van der Waals surface area contributed by atoms with Crippen LogP contribution in [0, 0.1) is 5.92 Å². The van der Waals surface area contributed by atoms with Gasteiger partial charge in [0.25, 0.3) is 0 Å². The molecule has 1 fully saturated rings. The predicted octanol–water partition coefficient (Wildman–Crippen LogP) is 2.38. The Balaban J connectivity index is 0.00000180. The lowest BCUT2D eigenvalue weighted by Crippen LogP contribution is -2.32. The van der Waals surface area contributed by atoms with Crippen LogP contribution in [-0.4, -0.2) is 31.9 Å². The van der Waals surface area contributed by atoms with Crippen molar-refractivity contribution in [1.82, 2.24) is 4.31 Å². The zero-order chi connectivity index (χ0) is 13.5. The van der Waals surface area contributed by atoms with E-state index in [2.05, 4.69) is 0 Å². The average Bonchev–Trinajstić information content (AvgIpc) is 2.58. The molecule has 0 radical (unpaired) electrons. The summed E-state index contributed by atoms with van der Waals surface area (Å²) in [6.45, 7) is 2.69. The SMILES string of the molecule is CC1CN(S(=O)(=O)c2cc(Cl)cc(Cl)c2)CC1N.Cl. The van der Waals surface area contributed by atoms with E-state index < -0.39 is 10.0 Å². The fraction of sp³-hybridized carbons (Fsp3) is 0.455. The van der Waals surface area contributed by atoms with Crippen LogP contribution in [0.2, 0.25) is 10.0 Å². The van der Waals surface area contributed by atoms with Gasteiger partial charge >= 0.3 is 0 Å². The largest absolute Gasteiger partial charge is 0.326 e. The van der Waals surface area contributed by atoms with Crippen LogP contribution in [0.5, 0.6) is 0 Å². The Morgan fingerprint density at radius 3 is 2.16 bits per heavy atom. The maximum Gasteiger partial charge on any atom is 0.243 e. The Bertz CT molecular complexity index is 535. The maximum absolute atomic E-state index is 12.4. The van der Waals surface area contributed by atoms with E-state index in [4.69, 9.17) is 28.9 Å². The van der Waals surface area contributed by atoms with Crippen molar-refractivity contribution < 1.29 is 8.42 Å². The summed E-state index contributed by atoms with van der Waals surface area (Å²) >= 11 is 11.7. The first kappa shape index (κ1) is 17.0. The molecule has 0 saturated carbocycles. The standard InChI is InChI=1S/C11H14Cl2N2O2S.ClH/c1-7-5-15(6-11(7)14)18(16,17)10-3-8(12)2-9(13)4-10;/h2-4,7,11H,5-6,14H2,1H3;1H. The Hall–Kier alpha value is -0.0400. The third kappa shape index (κ3) is 3.54. The number of benzene rings is 1. The Labute approximate surface area is 129 Å². The molecule has 0 aromatic heterocycles. The van der Waals surface area contributed by atoms with Crippen molar-refractivity contribution in [3.8, 4) is 0 Å². The average molecular weight is 346 g/mol. The van der Waals surface area contributed by atoms with Crippen LogP contribution < -0.4 is 5.73 Å². The summed E-state index contributed by atoms with van der Waals surface area (Å²) in [6.07, 6.45) is 0. The van der Waals surface area contributed by atoms with Crippen LogP contribution in [0.15, 0.2) is 23.1 Å². The number of halogens is 3. The minimum atomic E-state index is -3.57. The van der Waals surface area contributed by atoms with E-state index in [9.17, 15) is 8.42 Å². The molecule has 1 aromatic rings. The molecule has 1 aliphatic heterocycles. The van der Waals surface area contributed by atoms with Crippen LogP contribution in [0.25, 0.3) is 0 Å². The summed E-state index contributed by atoms with van der Waals surface area (Å²) in [5, 5.41) is 0.607. The van der Waals surface area contributed by atoms with E-state index >= 15 is 0 Å². The summed E-state index contributed by atoms with van der Waals surface area (Å²) in [5.41, 5.74) is 5.84. The minimum Gasteiger partial charge on any atom is -0.326 e. The first-order valence-electron chi connectivity index (χ1n) is 5.52. The summed E-state index contributed by atoms with van der Waals surface area (Å²) in [4.78, 5) is 0.112. The summed E-state index contributed by atoms with van der Waals surface area (Å²) < 4.78 is 26.1. The van der Waals surface area contributed by atoms with Crippen LogP contribution in [0.3, 0.4) is 0 Å². The van der Waals surface area contributed by atoms with E-state index in [1.807, 2.05) is 6.92 Å². The fourth-order valence-electron chi connectivity index (χ4n) is 1.97. The molecule has 0 spiro atoms. The van der Waals surface area contributed by atoms with Crippen molar-refractivity contribution in [3.63, 3.8) is 0 Å². The number of nitrogens with zero attached hydrogens (tertiary/aromatic N) is 1. The van der Waals surface area contributed by atoms with Crippen molar-refractivity contribution in [2.45, 2.75) is 17.9 Å². The normalized spacial score (nSPS) is 24.2. The first-order valence-corrected chi connectivity index (χ1v) is 7.72. The molecule has 1 aliphatic rings. The van der Waals surface area contributed by atoms with E-state index in [0.717, 1.165) is 0 Å². The van der Waals surface area contributed by atoms with Gasteiger partial charge < -0.3 is 5.73 Å². The van der Waals surface area contributed by atoms with Gasteiger partial charge in [-0.05, 0) is 24.1 Å². The molecule has 2 N–H and O–H groups in total. The molecule has 0 bridgehead atoms. The number of hydrogen-bond acceptors (Lipinski definition) is 3. The molecule has 1 saturated heterocycles. The van der Waals surface area contributed by atoms with Gasteiger partial charge in [-0.3, -0.25) is 0 Å². The highest BCUT2D eigenvalue weighted by Gasteiger charge is 2.35. The van der Waals surface area contributed by atoms with Gasteiger partial charge in [0.2, 0.25) is 10.0 Å². The molecule has 1 aromatic carbocycles. The topological polar surface area (TPSA) is 63.4 Å². The molecule has 19 heavy (non-hydrogen) atoms. The molecule has 108 valence electrons. The van der Waals surface area contributed by atoms with Crippen molar-refractivity contribution in [2.75, 3.05) is 13.1 Å². The summed E-state index contributed by atoms with van der Waals surface area (Å²) in [6, 6.07) is 4.17. The van der Waals surface area contributed by atoms with Gasteiger partial charge in [-0.15, -0.1) is 12.4 Å². The van der Waals surface area contributed by atoms with E-state index in [-0.39, 0.29) is 29.3 Å². The smallest absolute Gasteiger partial charge is 0.243 e. The maximum atomic E-state index is 12.4. The third-order valence-electron chi connectivity index (χ3n) is 3.11. The minimum absolute atomic E-state index is 0. The zero-order valence-electron chi connectivity index (χ0n) is 10.2. The zero-order valence-corrected chi connectivity index (χ0v) is 13.4. The Kier molecular flexibility index (Phi) is 5.52. The van der Waals surface area contributed by atoms with Crippen LogP contribution in [-0.2, 0) is 10.0 Å². The highest BCUT2D eigenvalue weighted by molar-refractivity contribution is 7.89. The van der Waals surface area contributed by atoms with Crippen molar-refractivity contribution in [2.24, 2.45) is 11.7 Å². The fourth-order valence-corrected chi connectivity index (χ4v) is 4.27. The van der Waals surface area contributed by atoms with Crippen molar-refractivity contribution in [1.29, 1.82) is 0 Å². The molecule has 2 rings (SSSR count). The van der Waals surface area contributed by atoms with E-state index in [1.54, 1.807) is 0 Å². The molecule has 0 amide bonds. The quantitative estimate of drug-likeness (QED) is 0.895. The second-order valence-corrected chi connectivity index (χ2v) is 7.38. The second-order valence-electron chi connectivity index (χ2n) is 4.57. The molecule has 0 aliphatic carbocycles. The van der Waals surface area contributed by atoms with Gasteiger partial charge in [0.1, 0.15) is 0 Å². The third-order valence-corrected chi connectivity index (χ3v) is 5.36. The number of nitrogens with two attached hydrogens (primary N) is 1. The highest BCUT2D eigenvalue weighted by atomic mass is 35.5. The Morgan fingerprint density at radius 2 is 1.74 bits per heavy atom. The van der Waals surface area contributed by atoms with Crippen LogP contribution >= 0.6 is 35.6 Å². The van der Waals surface area contributed by atoms with Gasteiger partial charge in [0, 0.05) is 29.2 Å². The second kappa shape index (κ2) is 6.16. The van der Waals surface area contributed by atoms with Crippen LogP contribution in [0.1, 0.15) is 6.92 Å². The van der Waals surface area contributed by atoms with E-state index in [0.29, 0.717) is 23.1 Å². The molecule has 2 atom stereocenters.